The van der Waals surface area contributed by atoms with Crippen LogP contribution in [-0.2, 0) is 9.53 Å². The molecule has 0 radical (unpaired) electrons. The van der Waals surface area contributed by atoms with Crippen molar-refractivity contribution in [1.29, 1.82) is 0 Å². The summed E-state index contributed by atoms with van der Waals surface area (Å²) in [6.45, 7) is 6.18. The maximum Gasteiger partial charge on any atom is 0.312 e. The second-order valence-corrected chi connectivity index (χ2v) is 4.32. The third-order valence-corrected chi connectivity index (χ3v) is 2.28. The Bertz CT molecular complexity index is 203. The molecule has 1 heterocycles. The van der Waals surface area contributed by atoms with Gasteiger partial charge in [0.15, 0.2) is 5.05 Å². The summed E-state index contributed by atoms with van der Waals surface area (Å²) >= 11 is 4.92. The Morgan fingerprint density at radius 2 is 2.09 bits per heavy atom. The first-order chi connectivity index (χ1) is 4.91. The van der Waals surface area contributed by atoms with E-state index in [1.165, 1.54) is 0 Å². The number of hydrogen-bond donors (Lipinski definition) is 0. The van der Waals surface area contributed by atoms with E-state index in [2.05, 4.69) is 20.8 Å². The molecule has 0 bridgehead atoms. The van der Waals surface area contributed by atoms with Gasteiger partial charge in [-0.05, 0) is 17.6 Å². The maximum absolute atomic E-state index is 10.8. The molecular weight excluding hydrogens is 160 g/mol. The number of ether oxygens (including phenoxy) is 1. The van der Waals surface area contributed by atoms with Crippen LogP contribution in [0.3, 0.4) is 0 Å². The molecule has 11 heavy (non-hydrogen) atoms. The van der Waals surface area contributed by atoms with Gasteiger partial charge in [0.2, 0.25) is 0 Å². The van der Waals surface area contributed by atoms with E-state index < -0.39 is 0 Å². The summed E-state index contributed by atoms with van der Waals surface area (Å²) in [5.41, 5.74) is 0.0449. The number of thiocarbonyl (C=S) groups is 1. The number of hydrogen-bond acceptors (Lipinski definition) is 3. The fourth-order valence-electron chi connectivity index (χ4n) is 1.13. The number of carbonyl (C=O) groups is 1. The zero-order valence-electron chi connectivity index (χ0n) is 7.01. The molecule has 1 rings (SSSR count). The first kappa shape index (κ1) is 8.65. The van der Waals surface area contributed by atoms with Crippen molar-refractivity contribution in [2.75, 3.05) is 0 Å². The Labute approximate surface area is 71.9 Å². The Morgan fingerprint density at radius 1 is 1.55 bits per heavy atom. The molecule has 1 unspecified atom stereocenters. The van der Waals surface area contributed by atoms with E-state index in [9.17, 15) is 4.79 Å². The van der Waals surface area contributed by atoms with Crippen molar-refractivity contribution in [1.82, 2.24) is 0 Å². The van der Waals surface area contributed by atoms with Gasteiger partial charge in [-0.2, -0.15) is 0 Å². The van der Waals surface area contributed by atoms with Crippen LogP contribution in [0.15, 0.2) is 0 Å². The van der Waals surface area contributed by atoms with E-state index >= 15 is 0 Å². The van der Waals surface area contributed by atoms with Gasteiger partial charge in [0.05, 0.1) is 6.42 Å². The molecule has 0 aromatic carbocycles. The van der Waals surface area contributed by atoms with Crippen molar-refractivity contribution in [2.24, 2.45) is 11.3 Å². The highest BCUT2D eigenvalue weighted by atomic mass is 32.1. The summed E-state index contributed by atoms with van der Waals surface area (Å²) in [6.07, 6.45) is 0.447. The van der Waals surface area contributed by atoms with E-state index in [0.717, 1.165) is 0 Å². The lowest BCUT2D eigenvalue weighted by Crippen LogP contribution is -2.23. The average Bonchev–Trinajstić information content (AvgIpc) is 2.08. The van der Waals surface area contributed by atoms with Crippen molar-refractivity contribution in [3.63, 3.8) is 0 Å². The van der Waals surface area contributed by atoms with Crippen LogP contribution in [0.2, 0.25) is 0 Å². The Morgan fingerprint density at radius 3 is 2.27 bits per heavy atom. The van der Waals surface area contributed by atoms with Gasteiger partial charge in [-0.25, -0.2) is 0 Å². The molecule has 2 nitrogen and oxygen atoms in total. The van der Waals surface area contributed by atoms with Crippen LogP contribution >= 0.6 is 12.2 Å². The van der Waals surface area contributed by atoms with Gasteiger partial charge in [-0.15, -0.1) is 0 Å². The van der Waals surface area contributed by atoms with E-state index in [1.54, 1.807) is 0 Å². The average molecular weight is 172 g/mol. The molecule has 3 heteroatoms. The van der Waals surface area contributed by atoms with E-state index in [0.29, 0.717) is 11.5 Å². The van der Waals surface area contributed by atoms with Gasteiger partial charge in [-0.3, -0.25) is 4.79 Å². The lowest BCUT2D eigenvalue weighted by atomic mass is 9.80. The smallest absolute Gasteiger partial charge is 0.312 e. The lowest BCUT2D eigenvalue weighted by Gasteiger charge is -2.23. The summed E-state index contributed by atoms with van der Waals surface area (Å²) in [4.78, 5) is 10.8. The Kier molecular flexibility index (Phi) is 2.01. The molecule has 0 N–H and O–H groups in total. The molecular formula is C8H12O2S. The second kappa shape index (κ2) is 2.55. The van der Waals surface area contributed by atoms with Crippen LogP contribution in [0.25, 0.3) is 0 Å². The van der Waals surface area contributed by atoms with Gasteiger partial charge in [0, 0.05) is 5.92 Å². The molecule has 1 atom stereocenters. The molecule has 1 aliphatic heterocycles. The van der Waals surface area contributed by atoms with Crippen LogP contribution in [0.5, 0.6) is 0 Å². The molecule has 0 saturated carbocycles. The normalized spacial score (nSPS) is 25.5. The number of rotatable bonds is 0. The minimum atomic E-state index is -0.185. The van der Waals surface area contributed by atoms with Gasteiger partial charge in [0.1, 0.15) is 0 Å². The summed E-state index contributed by atoms with van der Waals surface area (Å²) in [6, 6.07) is 0. The first-order valence-electron chi connectivity index (χ1n) is 3.66. The molecule has 62 valence electrons. The fraction of sp³-hybridized carbons (Fsp3) is 0.750. The zero-order valence-corrected chi connectivity index (χ0v) is 7.83. The predicted octanol–water partition coefficient (Wildman–Crippen LogP) is 1.92. The zero-order chi connectivity index (χ0) is 8.65. The summed E-state index contributed by atoms with van der Waals surface area (Å²) in [5, 5.41) is 0.461. The highest BCUT2D eigenvalue weighted by Crippen LogP contribution is 2.34. The van der Waals surface area contributed by atoms with E-state index in [1.807, 2.05) is 0 Å². The minimum Gasteiger partial charge on any atom is -0.419 e. The van der Waals surface area contributed by atoms with Crippen molar-refractivity contribution < 1.29 is 9.53 Å². The second-order valence-electron chi connectivity index (χ2n) is 3.92. The third-order valence-electron chi connectivity index (χ3n) is 1.92. The number of carbonyl (C=O) groups excluding carboxylic acids is 1. The van der Waals surface area contributed by atoms with Gasteiger partial charge in [0.25, 0.3) is 0 Å². The van der Waals surface area contributed by atoms with Crippen molar-refractivity contribution in [3.8, 4) is 0 Å². The maximum atomic E-state index is 10.8. The molecule has 0 aromatic rings. The quantitative estimate of drug-likeness (QED) is 0.412. The third kappa shape index (κ3) is 1.77. The molecule has 0 aliphatic carbocycles. The molecule has 1 saturated heterocycles. The fourth-order valence-corrected chi connectivity index (χ4v) is 1.66. The highest BCUT2D eigenvalue weighted by molar-refractivity contribution is 7.80. The largest absolute Gasteiger partial charge is 0.419 e. The monoisotopic (exact) mass is 172 g/mol. The van der Waals surface area contributed by atoms with Crippen LogP contribution < -0.4 is 0 Å². The SMILES string of the molecule is CC(C)(C)C1CC(=O)OC1=S. The molecule has 1 aliphatic rings. The van der Waals surface area contributed by atoms with Crippen molar-refractivity contribution >= 4 is 23.2 Å². The lowest BCUT2D eigenvalue weighted by molar-refractivity contribution is -0.133. The van der Waals surface area contributed by atoms with Crippen LogP contribution in [-0.4, -0.2) is 11.0 Å². The van der Waals surface area contributed by atoms with Gasteiger partial charge in [-0.1, -0.05) is 20.8 Å². The highest BCUT2D eigenvalue weighted by Gasteiger charge is 2.38. The van der Waals surface area contributed by atoms with Crippen LogP contribution in [0, 0.1) is 11.3 Å². The molecule has 0 aromatic heterocycles. The Balaban J connectivity index is 2.76. The van der Waals surface area contributed by atoms with Crippen molar-refractivity contribution in [2.45, 2.75) is 27.2 Å². The van der Waals surface area contributed by atoms with E-state index in [-0.39, 0.29) is 17.3 Å². The van der Waals surface area contributed by atoms with Crippen LogP contribution in [0.4, 0.5) is 0 Å². The standard InChI is InChI=1S/C8H12O2S/c1-8(2,3)5-4-6(9)10-7(5)11/h5H,4H2,1-3H3. The van der Waals surface area contributed by atoms with Crippen LogP contribution in [0.1, 0.15) is 27.2 Å². The summed E-state index contributed by atoms with van der Waals surface area (Å²) < 4.78 is 4.79. The van der Waals surface area contributed by atoms with Gasteiger partial charge >= 0.3 is 5.97 Å². The summed E-state index contributed by atoms with van der Waals surface area (Å²) in [7, 11) is 0. The topological polar surface area (TPSA) is 26.3 Å². The molecule has 1 fully saturated rings. The van der Waals surface area contributed by atoms with Crippen molar-refractivity contribution in [3.05, 3.63) is 0 Å². The molecule has 0 spiro atoms. The minimum absolute atomic E-state index is 0.0449. The first-order valence-corrected chi connectivity index (χ1v) is 4.06. The van der Waals surface area contributed by atoms with E-state index in [4.69, 9.17) is 17.0 Å². The Hall–Kier alpha value is -0.440. The number of cyclic esters (lactones) is 1. The predicted molar refractivity (Wildman–Crippen MR) is 46.3 cm³/mol. The van der Waals surface area contributed by atoms with Gasteiger partial charge < -0.3 is 4.74 Å². The molecule has 0 amide bonds. The summed E-state index contributed by atoms with van der Waals surface area (Å²) in [5.74, 6) is -0.0695. The number of esters is 1.